The molecule has 4 rings (SSSR count). The van der Waals surface area contributed by atoms with Crippen molar-refractivity contribution in [1.82, 2.24) is 0 Å². The summed E-state index contributed by atoms with van der Waals surface area (Å²) in [6, 6.07) is 12.2. The van der Waals surface area contributed by atoms with Gasteiger partial charge in [-0.05, 0) is 17.7 Å². The SMILES string of the molecule is CS(=O)(=O)O.Fc1cc2c(-c3ccccc3)c3cc(F)/c(=N\CC(F)(F)F)cc-3oc2cc1NCC(F)(F)F. The lowest BCUT2D eigenvalue weighted by atomic mass is 9.93. The van der Waals surface area contributed by atoms with Crippen molar-refractivity contribution >= 4 is 26.8 Å². The van der Waals surface area contributed by atoms with Crippen LogP contribution in [-0.4, -0.2) is 44.7 Å². The van der Waals surface area contributed by atoms with Gasteiger partial charge in [0.2, 0.25) is 0 Å². The molecule has 2 N–H and O–H groups in total. The molecule has 0 fully saturated rings. The van der Waals surface area contributed by atoms with Crippen LogP contribution in [0.25, 0.3) is 33.4 Å². The fourth-order valence-corrected chi connectivity index (χ4v) is 3.46. The van der Waals surface area contributed by atoms with E-state index in [4.69, 9.17) is 8.97 Å². The Labute approximate surface area is 215 Å². The second-order valence-electron chi connectivity index (χ2n) is 8.10. The van der Waals surface area contributed by atoms with E-state index in [0.29, 0.717) is 17.4 Å². The predicted molar refractivity (Wildman–Crippen MR) is 127 cm³/mol. The molecule has 0 spiro atoms. The molecule has 2 aromatic rings. The number of nitrogens with one attached hydrogen (secondary N) is 1. The minimum atomic E-state index is -4.66. The number of halogens is 8. The maximum absolute atomic E-state index is 14.7. The quantitative estimate of drug-likeness (QED) is 0.165. The molecule has 2 aromatic carbocycles. The first-order valence-corrected chi connectivity index (χ1v) is 12.5. The predicted octanol–water partition coefficient (Wildman–Crippen LogP) is 6.42. The van der Waals surface area contributed by atoms with Crippen LogP contribution in [0.15, 0.2) is 64.0 Å². The summed E-state index contributed by atoms with van der Waals surface area (Å²) in [5.74, 6) is -2.13. The number of hydrogen-bond acceptors (Lipinski definition) is 5. The van der Waals surface area contributed by atoms with Gasteiger partial charge in [0.1, 0.15) is 36.1 Å². The standard InChI is InChI=1S/C23H14F8N2O.CH4O3S/c24-15-6-13-19(8-17(15)32-10-22(26,27)28)34-20-9-18(33-11-23(29,30)31)16(25)7-14(20)21(13)12-4-2-1-3-5-12;1-5(2,3)4/h1-9,32H,10-11H2;1H3,(H,2,3,4)/b33-18-;. The van der Waals surface area contributed by atoms with Gasteiger partial charge in [-0.1, -0.05) is 30.3 Å². The van der Waals surface area contributed by atoms with Crippen LogP contribution in [0.4, 0.5) is 40.8 Å². The van der Waals surface area contributed by atoms with Gasteiger partial charge in [-0.2, -0.15) is 34.8 Å². The topological polar surface area (TPSA) is 91.9 Å². The van der Waals surface area contributed by atoms with Gasteiger partial charge in [0.15, 0.2) is 0 Å². The molecule has 0 radical (unpaired) electrons. The first-order valence-electron chi connectivity index (χ1n) is 10.7. The molecule has 0 saturated heterocycles. The highest BCUT2D eigenvalue weighted by Crippen LogP contribution is 2.41. The van der Waals surface area contributed by atoms with E-state index in [1.807, 2.05) is 5.32 Å². The van der Waals surface area contributed by atoms with Gasteiger partial charge in [0.05, 0.1) is 17.3 Å². The van der Waals surface area contributed by atoms with E-state index in [0.717, 1.165) is 24.3 Å². The lowest BCUT2D eigenvalue weighted by Crippen LogP contribution is -2.21. The van der Waals surface area contributed by atoms with Gasteiger partial charge in [-0.3, -0.25) is 9.55 Å². The highest BCUT2D eigenvalue weighted by Gasteiger charge is 2.28. The summed E-state index contributed by atoms with van der Waals surface area (Å²) in [7, 11) is -3.67. The highest BCUT2D eigenvalue weighted by molar-refractivity contribution is 7.85. The van der Waals surface area contributed by atoms with E-state index in [-0.39, 0.29) is 22.3 Å². The molecule has 1 heterocycles. The molecule has 39 heavy (non-hydrogen) atoms. The molecule has 0 atom stereocenters. The Morgan fingerprint density at radius 2 is 1.54 bits per heavy atom. The summed E-state index contributed by atoms with van der Waals surface area (Å²) in [6.45, 7) is -3.12. The van der Waals surface area contributed by atoms with Crippen LogP contribution in [0.1, 0.15) is 0 Å². The van der Waals surface area contributed by atoms with Crippen molar-refractivity contribution in [2.24, 2.45) is 4.99 Å². The normalized spacial score (nSPS) is 12.9. The summed E-state index contributed by atoms with van der Waals surface area (Å²) in [5.41, 5.74) is 0.363. The van der Waals surface area contributed by atoms with Crippen LogP contribution in [0, 0.1) is 11.6 Å². The Balaban J connectivity index is 0.000000771. The molecule has 0 aromatic heterocycles. The van der Waals surface area contributed by atoms with Crippen LogP contribution in [0.2, 0.25) is 0 Å². The fraction of sp³-hybridized carbons (Fsp3) is 0.208. The second kappa shape index (κ2) is 11.2. The van der Waals surface area contributed by atoms with Gasteiger partial charge in [-0.15, -0.1) is 0 Å². The van der Waals surface area contributed by atoms with Crippen LogP contribution in [0.3, 0.4) is 0 Å². The Hall–Kier alpha value is -3.72. The first kappa shape index (κ1) is 29.8. The zero-order valence-electron chi connectivity index (χ0n) is 19.7. The van der Waals surface area contributed by atoms with Gasteiger partial charge in [0.25, 0.3) is 10.1 Å². The maximum Gasteiger partial charge on any atom is 0.407 e. The third-order valence-corrected chi connectivity index (χ3v) is 4.85. The van der Waals surface area contributed by atoms with Gasteiger partial charge in [-0.25, -0.2) is 8.78 Å². The third kappa shape index (κ3) is 8.64. The van der Waals surface area contributed by atoms with E-state index in [2.05, 4.69) is 4.99 Å². The monoisotopic (exact) mass is 582 g/mol. The molecule has 0 amide bonds. The fourth-order valence-electron chi connectivity index (χ4n) is 3.46. The van der Waals surface area contributed by atoms with Gasteiger partial charge in [0, 0.05) is 28.6 Å². The molecular weight excluding hydrogens is 564 g/mol. The van der Waals surface area contributed by atoms with Crippen molar-refractivity contribution in [3.8, 4) is 22.5 Å². The van der Waals surface area contributed by atoms with Crippen molar-refractivity contribution < 1.29 is 52.5 Å². The molecule has 0 unspecified atom stereocenters. The average molecular weight is 582 g/mol. The minimum absolute atomic E-state index is 0.0641. The minimum Gasteiger partial charge on any atom is -0.456 e. The molecule has 0 bridgehead atoms. The van der Waals surface area contributed by atoms with E-state index < -0.39 is 58.2 Å². The summed E-state index contributed by atoms with van der Waals surface area (Å²) in [6.07, 6.45) is -8.55. The molecule has 1 aliphatic heterocycles. The Kier molecular flexibility index (Phi) is 8.55. The third-order valence-electron chi connectivity index (χ3n) is 4.85. The van der Waals surface area contributed by atoms with Gasteiger partial charge < -0.3 is 9.73 Å². The van der Waals surface area contributed by atoms with Crippen LogP contribution in [-0.2, 0) is 10.1 Å². The molecule has 6 nitrogen and oxygen atoms in total. The van der Waals surface area contributed by atoms with Crippen molar-refractivity contribution in [2.75, 3.05) is 24.7 Å². The number of anilines is 1. The summed E-state index contributed by atoms with van der Waals surface area (Å²) in [5, 5.41) is 1.47. The number of alkyl halides is 6. The smallest absolute Gasteiger partial charge is 0.407 e. The maximum atomic E-state index is 14.7. The van der Waals surface area contributed by atoms with Crippen molar-refractivity contribution in [2.45, 2.75) is 12.4 Å². The molecular formula is C24H18F8N2O4S. The zero-order chi connectivity index (χ0) is 29.2. The summed E-state index contributed by atoms with van der Waals surface area (Å²) >= 11 is 0. The molecule has 15 heteroatoms. The van der Waals surface area contributed by atoms with Crippen molar-refractivity contribution in [1.29, 1.82) is 0 Å². The van der Waals surface area contributed by atoms with E-state index >= 15 is 0 Å². The van der Waals surface area contributed by atoms with E-state index in [1.165, 1.54) is 0 Å². The van der Waals surface area contributed by atoms with E-state index in [9.17, 15) is 43.5 Å². The highest BCUT2D eigenvalue weighted by atomic mass is 32.2. The number of fused-ring (bicyclic) bond motifs is 2. The number of nitrogens with zero attached hydrogens (tertiary/aromatic N) is 1. The summed E-state index contributed by atoms with van der Waals surface area (Å²) in [4.78, 5) is 3.24. The number of rotatable bonds is 4. The Morgan fingerprint density at radius 1 is 0.923 bits per heavy atom. The van der Waals surface area contributed by atoms with Crippen LogP contribution in [0.5, 0.6) is 0 Å². The molecule has 0 saturated carbocycles. The largest absolute Gasteiger partial charge is 0.456 e. The first-order chi connectivity index (χ1) is 17.9. The lowest BCUT2D eigenvalue weighted by molar-refractivity contribution is -0.118. The van der Waals surface area contributed by atoms with Crippen LogP contribution < -0.4 is 10.7 Å². The lowest BCUT2D eigenvalue weighted by Gasteiger charge is -2.17. The van der Waals surface area contributed by atoms with Crippen molar-refractivity contribution in [3.05, 3.63) is 71.6 Å². The zero-order valence-corrected chi connectivity index (χ0v) is 20.5. The average Bonchev–Trinajstić information content (AvgIpc) is 2.79. The summed E-state index contributed by atoms with van der Waals surface area (Å²) < 4.78 is 136. The Bertz CT molecular complexity index is 1610. The van der Waals surface area contributed by atoms with E-state index in [1.54, 1.807) is 30.3 Å². The molecule has 210 valence electrons. The second-order valence-corrected chi connectivity index (χ2v) is 9.57. The van der Waals surface area contributed by atoms with Crippen molar-refractivity contribution in [3.63, 3.8) is 0 Å². The molecule has 1 aliphatic carbocycles. The van der Waals surface area contributed by atoms with Gasteiger partial charge >= 0.3 is 12.4 Å². The molecule has 2 aliphatic rings. The van der Waals surface area contributed by atoms with Crippen LogP contribution >= 0.6 is 0 Å². The number of hydrogen-bond donors (Lipinski definition) is 2. The number of benzene rings is 3. The Morgan fingerprint density at radius 3 is 2.10 bits per heavy atom.